The first-order valence-corrected chi connectivity index (χ1v) is 1.32. The van der Waals surface area contributed by atoms with Crippen LogP contribution in [-0.4, -0.2) is 5.23 Å². The van der Waals surface area contributed by atoms with E-state index in [0.29, 0.717) is 0 Å². The highest BCUT2D eigenvalue weighted by Gasteiger charge is 1.33. The number of thiocarbonyl (C=S) groups is 1. The second-order valence-corrected chi connectivity index (χ2v) is 0.500. The summed E-state index contributed by atoms with van der Waals surface area (Å²) >= 11 is 7.81. The molecule has 0 aromatic heterocycles. The summed E-state index contributed by atoms with van der Waals surface area (Å²) in [5.41, 5.74) is 0. The third-order valence-electron chi connectivity index (χ3n) is 0.0340. The maximum Gasteiger partial charge on any atom is 0.413 e. The molecule has 0 heterocycles. The van der Waals surface area contributed by atoms with Gasteiger partial charge in [-0.1, -0.05) is 0 Å². The zero-order chi connectivity index (χ0) is 3.41. The van der Waals surface area contributed by atoms with Crippen LogP contribution in [0.4, 0.5) is 0 Å². The van der Waals surface area contributed by atoms with Crippen LogP contribution < -0.4 is 0 Å². The lowest BCUT2D eigenvalue weighted by Crippen LogP contribution is -1.40. The highest BCUT2D eigenvalue weighted by molar-refractivity contribution is 7.78. The zero-order valence-electron chi connectivity index (χ0n) is 1.72. The molecule has 0 aliphatic carbocycles. The van der Waals surface area contributed by atoms with Gasteiger partial charge < -0.3 is 0 Å². The smallest absolute Gasteiger partial charge is 0.289 e. The van der Waals surface area contributed by atoms with E-state index in [1.807, 2.05) is 5.23 Å². The molecule has 0 aliphatic heterocycles. The second-order valence-electron chi connectivity index (χ2n) is 0.167. The summed E-state index contributed by atoms with van der Waals surface area (Å²) in [4.78, 5) is 0. The van der Waals surface area contributed by atoms with Crippen molar-refractivity contribution in [2.45, 2.75) is 0 Å². The van der Waals surface area contributed by atoms with Crippen molar-refractivity contribution >= 4 is 30.4 Å². The van der Waals surface area contributed by atoms with E-state index in [9.17, 15) is 0 Å². The standard InChI is InChI=1S/COS2/c3-1-2-4. The highest BCUT2D eigenvalue weighted by Crippen LogP contribution is 1.29. The van der Waals surface area contributed by atoms with Crippen LogP contribution in [0.2, 0.25) is 0 Å². The van der Waals surface area contributed by atoms with Gasteiger partial charge >= 0.3 is 5.23 Å². The highest BCUT2D eigenvalue weighted by atomic mass is 32.1. The minimum Gasteiger partial charge on any atom is -0.289 e. The van der Waals surface area contributed by atoms with Crippen molar-refractivity contribution in [3.05, 3.63) is 0 Å². The molecule has 4 heavy (non-hydrogen) atoms. The van der Waals surface area contributed by atoms with E-state index >= 15 is 0 Å². The Morgan fingerprint density at radius 3 is 2.25 bits per heavy atom. The van der Waals surface area contributed by atoms with Crippen LogP contribution in [-0.2, 0) is 16.8 Å². The predicted molar refractivity (Wildman–Crippen MR) is 20.6 cm³/mol. The van der Waals surface area contributed by atoms with Crippen LogP contribution in [0.5, 0.6) is 0 Å². The molecule has 0 N–H and O–H groups in total. The number of carbonyl (C=O) groups excluding carboxylic acids is 1. The topological polar surface area (TPSA) is 11.3 Å². The number of hydrogen-bond acceptors (Lipinski definition) is 2. The van der Waals surface area contributed by atoms with Crippen molar-refractivity contribution in [1.82, 2.24) is 0 Å². The first-order valence-electron chi connectivity index (χ1n) is 0.575. The molecule has 1 nitrogen and oxygen atoms in total. The Kier molecular flexibility index (Phi) is 3.04. The molecule has 0 spiro atoms. The van der Waals surface area contributed by atoms with Gasteiger partial charge in [0.2, 0.25) is 0 Å². The molecule has 0 bridgehead atoms. The maximum atomic E-state index is 3.98. The molecule has 0 saturated carbocycles. The molecule has 22 valence electrons. The third kappa shape index (κ3) is 2.02. The molecule has 0 amide bonds. The van der Waals surface area contributed by atoms with Gasteiger partial charge in [-0.05, 0) is 0 Å². The fraction of sp³-hybridized carbons (Fsp3) is 0. The van der Waals surface area contributed by atoms with Gasteiger partial charge in [0.05, 0.1) is 12.2 Å². The van der Waals surface area contributed by atoms with Crippen molar-refractivity contribution < 1.29 is 3.87 Å². The number of hydrogen-bond donors (Lipinski definition) is 0. The monoisotopic (exact) mass is 91.9 g/mol. The molecule has 0 aliphatic rings. The Morgan fingerprint density at radius 1 is 2.00 bits per heavy atom. The average molecular weight is 92.1 g/mol. The predicted octanol–water partition coefficient (Wildman–Crippen LogP) is 0.249. The normalized spacial score (nSPS) is 4.00. The third-order valence-corrected chi connectivity index (χ3v) is 0.306. The van der Waals surface area contributed by atoms with Crippen LogP contribution in [0, 0.1) is 0 Å². The van der Waals surface area contributed by atoms with Gasteiger partial charge in [0, 0.05) is 0 Å². The fourth-order valence-electron chi connectivity index (χ4n) is 0. The van der Waals surface area contributed by atoms with Gasteiger partial charge in [-0.15, -0.1) is 0 Å². The Balaban J connectivity index is 3.11. The van der Waals surface area contributed by atoms with Gasteiger partial charge in [-0.25, -0.2) is 12.9 Å². The van der Waals surface area contributed by atoms with Crippen molar-refractivity contribution in [2.24, 2.45) is 0 Å². The summed E-state index contributed by atoms with van der Waals surface area (Å²) in [5.74, 6) is 0. The molecule has 0 atom stereocenters. The quantitative estimate of drug-likeness (QED) is 0.241. The van der Waals surface area contributed by atoms with Gasteiger partial charge in [-0.2, -0.15) is 0 Å². The van der Waals surface area contributed by atoms with E-state index in [4.69, 9.17) is 0 Å². The van der Waals surface area contributed by atoms with E-state index in [0.717, 1.165) is 0 Å². The van der Waals surface area contributed by atoms with Crippen LogP contribution in [0.15, 0.2) is 0 Å². The van der Waals surface area contributed by atoms with Crippen molar-refractivity contribution in [3.63, 3.8) is 0 Å². The SMILES string of the molecule is S=C=[O+][S-]. The van der Waals surface area contributed by atoms with Crippen LogP contribution in [0.3, 0.4) is 0 Å². The summed E-state index contributed by atoms with van der Waals surface area (Å²) in [6.45, 7) is 0. The summed E-state index contributed by atoms with van der Waals surface area (Å²) < 4.78 is 3.69. The van der Waals surface area contributed by atoms with Crippen molar-refractivity contribution in [2.75, 3.05) is 0 Å². The van der Waals surface area contributed by atoms with E-state index < -0.39 is 0 Å². The van der Waals surface area contributed by atoms with E-state index in [2.05, 4.69) is 29.0 Å². The molecule has 0 aromatic rings. The van der Waals surface area contributed by atoms with Crippen LogP contribution in [0.1, 0.15) is 0 Å². The van der Waals surface area contributed by atoms with Gasteiger partial charge in [-0.3, -0.25) is 3.87 Å². The van der Waals surface area contributed by atoms with Crippen molar-refractivity contribution in [3.8, 4) is 0 Å². The van der Waals surface area contributed by atoms with Gasteiger partial charge in [0.25, 0.3) is 0 Å². The lowest BCUT2D eigenvalue weighted by molar-refractivity contribution is 0.431. The number of rotatable bonds is 0. The minimum absolute atomic E-state index is 1.83. The van der Waals surface area contributed by atoms with E-state index in [1.165, 1.54) is 0 Å². The first-order chi connectivity index (χ1) is 1.91. The Hall–Kier alpha value is 0.0200. The molecular formula is COS2. The molecule has 0 rings (SSSR count). The first kappa shape index (κ1) is 4.02. The lowest BCUT2D eigenvalue weighted by atomic mass is 11.9. The van der Waals surface area contributed by atoms with Crippen LogP contribution >= 0.6 is 12.2 Å². The molecular weight excluding hydrogens is 92.1 g/mol. The molecule has 0 unspecified atom stereocenters. The summed E-state index contributed by atoms with van der Waals surface area (Å²) in [6, 6.07) is 0. The summed E-state index contributed by atoms with van der Waals surface area (Å²) in [5, 5.41) is 1.83. The van der Waals surface area contributed by atoms with Gasteiger partial charge in [0.1, 0.15) is 0 Å². The van der Waals surface area contributed by atoms with E-state index in [-0.39, 0.29) is 0 Å². The van der Waals surface area contributed by atoms with Crippen molar-refractivity contribution in [1.29, 1.82) is 0 Å². The second kappa shape index (κ2) is 3.02. The molecule has 3 heteroatoms. The minimum atomic E-state index is 1.83. The molecule has 0 saturated heterocycles. The zero-order valence-corrected chi connectivity index (χ0v) is 3.36. The maximum absolute atomic E-state index is 3.98. The summed E-state index contributed by atoms with van der Waals surface area (Å²) in [6.07, 6.45) is 0. The lowest BCUT2D eigenvalue weighted by Gasteiger charge is -1.43. The molecule has 0 fully saturated rings. The Bertz CT molecular complexity index is 44.0. The van der Waals surface area contributed by atoms with Crippen LogP contribution in [0.25, 0.3) is 0 Å². The molecule has 0 radical (unpaired) electrons. The fourth-order valence-corrected chi connectivity index (χ4v) is 0. The largest absolute Gasteiger partial charge is 0.413 e. The Labute approximate surface area is 34.9 Å². The summed E-state index contributed by atoms with van der Waals surface area (Å²) in [7, 11) is 0. The Morgan fingerprint density at radius 2 is 2.25 bits per heavy atom. The average Bonchev–Trinajstić information content (AvgIpc) is 1.37. The van der Waals surface area contributed by atoms with E-state index in [1.54, 1.807) is 0 Å². The molecule has 0 aromatic carbocycles. The van der Waals surface area contributed by atoms with Gasteiger partial charge in [0.15, 0.2) is 0 Å².